The first-order valence-corrected chi connectivity index (χ1v) is 8.15. The van der Waals surface area contributed by atoms with E-state index >= 15 is 0 Å². The van der Waals surface area contributed by atoms with Gasteiger partial charge in [0, 0.05) is 31.9 Å². The summed E-state index contributed by atoms with van der Waals surface area (Å²) in [5.74, 6) is 0. The molecule has 6 nitrogen and oxygen atoms in total. The van der Waals surface area contributed by atoms with Crippen LogP contribution in [0.2, 0.25) is 0 Å². The van der Waals surface area contributed by atoms with E-state index in [9.17, 15) is 8.42 Å². The van der Waals surface area contributed by atoms with Crippen molar-refractivity contribution in [3.8, 4) is 0 Å². The second-order valence-corrected chi connectivity index (χ2v) is 7.02. The first-order chi connectivity index (χ1) is 8.95. The van der Waals surface area contributed by atoms with Crippen LogP contribution in [0.4, 0.5) is 0 Å². The van der Waals surface area contributed by atoms with E-state index in [1.165, 1.54) is 10.9 Å². The van der Waals surface area contributed by atoms with Crippen LogP contribution in [0.5, 0.6) is 0 Å². The van der Waals surface area contributed by atoms with Crippen LogP contribution in [-0.4, -0.2) is 41.1 Å². The molecule has 7 heteroatoms. The summed E-state index contributed by atoms with van der Waals surface area (Å²) in [6.07, 6.45) is 6.43. The van der Waals surface area contributed by atoms with E-state index in [0.717, 1.165) is 25.7 Å². The number of nitrogens with two attached hydrogens (primary N) is 1. The van der Waals surface area contributed by atoms with Crippen molar-refractivity contribution in [2.45, 2.75) is 49.6 Å². The molecule has 1 aliphatic rings. The van der Waals surface area contributed by atoms with Gasteiger partial charge in [0.2, 0.25) is 10.0 Å². The topological polar surface area (TPSA) is 81.2 Å². The summed E-state index contributed by atoms with van der Waals surface area (Å²) in [4.78, 5) is 0.270. The number of hydrogen-bond donors (Lipinski definition) is 1. The van der Waals surface area contributed by atoms with Gasteiger partial charge in [-0.3, -0.25) is 4.68 Å². The Morgan fingerprint density at radius 2 is 2.05 bits per heavy atom. The smallest absolute Gasteiger partial charge is 0.246 e. The maximum absolute atomic E-state index is 12.6. The fourth-order valence-corrected chi connectivity index (χ4v) is 4.36. The zero-order chi connectivity index (χ0) is 14.0. The lowest BCUT2D eigenvalue weighted by atomic mass is 9.92. The van der Waals surface area contributed by atoms with Crippen molar-refractivity contribution < 1.29 is 8.42 Å². The minimum atomic E-state index is -3.44. The molecule has 2 rings (SSSR count). The quantitative estimate of drug-likeness (QED) is 0.883. The van der Waals surface area contributed by atoms with Crippen LogP contribution in [0.25, 0.3) is 0 Å². The van der Waals surface area contributed by atoms with Gasteiger partial charge in [-0.05, 0) is 25.7 Å². The van der Waals surface area contributed by atoms with Gasteiger partial charge >= 0.3 is 0 Å². The molecule has 108 valence electrons. The van der Waals surface area contributed by atoms with E-state index in [1.54, 1.807) is 17.5 Å². The van der Waals surface area contributed by atoms with E-state index in [-0.39, 0.29) is 17.0 Å². The Labute approximate surface area is 114 Å². The van der Waals surface area contributed by atoms with E-state index in [2.05, 4.69) is 5.10 Å². The molecule has 1 fully saturated rings. The van der Waals surface area contributed by atoms with Crippen molar-refractivity contribution in [2.75, 3.05) is 6.54 Å². The summed E-state index contributed by atoms with van der Waals surface area (Å²) in [5.41, 5.74) is 5.88. The van der Waals surface area contributed by atoms with Crippen LogP contribution in [0.1, 0.15) is 32.6 Å². The fourth-order valence-electron chi connectivity index (χ4n) is 2.68. The normalized spacial score (nSPS) is 24.8. The Bertz CT molecular complexity index is 518. The van der Waals surface area contributed by atoms with Crippen molar-refractivity contribution in [2.24, 2.45) is 12.8 Å². The molecule has 2 N–H and O–H groups in total. The maximum atomic E-state index is 12.6. The van der Waals surface area contributed by atoms with E-state index in [0.29, 0.717) is 6.54 Å². The van der Waals surface area contributed by atoms with Crippen molar-refractivity contribution in [3.05, 3.63) is 12.4 Å². The Kier molecular flexibility index (Phi) is 4.27. The highest BCUT2D eigenvalue weighted by Crippen LogP contribution is 2.26. The van der Waals surface area contributed by atoms with Crippen molar-refractivity contribution >= 4 is 10.0 Å². The van der Waals surface area contributed by atoms with Crippen LogP contribution < -0.4 is 5.73 Å². The van der Waals surface area contributed by atoms with Crippen LogP contribution in [0, 0.1) is 0 Å². The molecular weight excluding hydrogens is 264 g/mol. The lowest BCUT2D eigenvalue weighted by molar-refractivity contribution is 0.247. The van der Waals surface area contributed by atoms with Crippen LogP contribution in [0.15, 0.2) is 17.3 Å². The zero-order valence-corrected chi connectivity index (χ0v) is 12.3. The summed E-state index contributed by atoms with van der Waals surface area (Å²) in [5, 5.41) is 3.95. The molecular formula is C12H22N4O2S. The first-order valence-electron chi connectivity index (χ1n) is 6.71. The van der Waals surface area contributed by atoms with E-state index in [4.69, 9.17) is 5.73 Å². The third-order valence-electron chi connectivity index (χ3n) is 3.75. The van der Waals surface area contributed by atoms with Crippen LogP contribution >= 0.6 is 0 Å². The molecule has 1 heterocycles. The van der Waals surface area contributed by atoms with Gasteiger partial charge in [0.25, 0.3) is 0 Å². The largest absolute Gasteiger partial charge is 0.328 e. The number of hydrogen-bond acceptors (Lipinski definition) is 4. The first kappa shape index (κ1) is 14.5. The second kappa shape index (κ2) is 5.60. The van der Waals surface area contributed by atoms with Gasteiger partial charge in [0.05, 0.1) is 6.20 Å². The van der Waals surface area contributed by atoms with Crippen molar-refractivity contribution in [1.82, 2.24) is 14.1 Å². The standard InChI is InChI=1S/C12H22N4O2S/c1-3-16(11-6-4-10(13)5-7-11)19(17,18)12-8-14-15(2)9-12/h8-11H,3-7,13H2,1-2H3. The summed E-state index contributed by atoms with van der Waals surface area (Å²) in [6.45, 7) is 2.36. The average molecular weight is 286 g/mol. The Balaban J connectivity index is 2.21. The minimum Gasteiger partial charge on any atom is -0.328 e. The third kappa shape index (κ3) is 2.98. The molecule has 0 bridgehead atoms. The average Bonchev–Trinajstić information content (AvgIpc) is 2.80. The maximum Gasteiger partial charge on any atom is 0.246 e. The lowest BCUT2D eigenvalue weighted by Crippen LogP contribution is -2.43. The van der Waals surface area contributed by atoms with Gasteiger partial charge in [-0.2, -0.15) is 9.40 Å². The molecule has 1 saturated carbocycles. The Morgan fingerprint density at radius 3 is 2.53 bits per heavy atom. The molecule has 1 aromatic rings. The van der Waals surface area contributed by atoms with Crippen molar-refractivity contribution in [1.29, 1.82) is 0 Å². The summed E-state index contributed by atoms with van der Waals surface area (Å²) >= 11 is 0. The highest BCUT2D eigenvalue weighted by atomic mass is 32.2. The Hall–Kier alpha value is -0.920. The van der Waals surface area contributed by atoms with Crippen molar-refractivity contribution in [3.63, 3.8) is 0 Å². The van der Waals surface area contributed by atoms with Gasteiger partial charge in [-0.15, -0.1) is 0 Å². The predicted octanol–water partition coefficient (Wildman–Crippen LogP) is 0.701. The SMILES string of the molecule is CCN(C1CCC(N)CC1)S(=O)(=O)c1cnn(C)c1. The molecule has 19 heavy (non-hydrogen) atoms. The lowest BCUT2D eigenvalue weighted by Gasteiger charge is -2.34. The highest BCUT2D eigenvalue weighted by molar-refractivity contribution is 7.89. The third-order valence-corrected chi connectivity index (χ3v) is 5.73. The molecule has 1 aromatic heterocycles. The number of rotatable bonds is 4. The molecule has 0 saturated heterocycles. The van der Waals surface area contributed by atoms with Crippen LogP contribution in [0.3, 0.4) is 0 Å². The Morgan fingerprint density at radius 1 is 1.42 bits per heavy atom. The van der Waals surface area contributed by atoms with Gasteiger partial charge in [0.1, 0.15) is 4.90 Å². The number of aromatic nitrogens is 2. The molecule has 0 amide bonds. The highest BCUT2D eigenvalue weighted by Gasteiger charge is 2.33. The van der Waals surface area contributed by atoms with Gasteiger partial charge in [0.15, 0.2) is 0 Å². The number of nitrogens with zero attached hydrogens (tertiary/aromatic N) is 3. The van der Waals surface area contributed by atoms with E-state index in [1.807, 2.05) is 6.92 Å². The summed E-state index contributed by atoms with van der Waals surface area (Å²) < 4.78 is 28.3. The van der Waals surface area contributed by atoms with Gasteiger partial charge in [-0.1, -0.05) is 6.92 Å². The molecule has 0 aliphatic heterocycles. The van der Waals surface area contributed by atoms with Gasteiger partial charge < -0.3 is 5.73 Å². The number of sulfonamides is 1. The second-order valence-electron chi connectivity index (χ2n) is 5.13. The molecule has 0 aromatic carbocycles. The monoisotopic (exact) mass is 286 g/mol. The van der Waals surface area contributed by atoms with Crippen LogP contribution in [-0.2, 0) is 17.1 Å². The fraction of sp³-hybridized carbons (Fsp3) is 0.750. The number of aryl methyl sites for hydroxylation is 1. The minimum absolute atomic E-state index is 0.0648. The molecule has 0 radical (unpaired) electrons. The molecule has 0 unspecified atom stereocenters. The van der Waals surface area contributed by atoms with E-state index < -0.39 is 10.0 Å². The summed E-state index contributed by atoms with van der Waals surface area (Å²) in [6, 6.07) is 0.283. The predicted molar refractivity (Wildman–Crippen MR) is 73.0 cm³/mol. The molecule has 0 atom stereocenters. The zero-order valence-electron chi connectivity index (χ0n) is 11.5. The molecule has 0 spiro atoms. The molecule has 1 aliphatic carbocycles. The van der Waals surface area contributed by atoms with Gasteiger partial charge in [-0.25, -0.2) is 8.42 Å². The summed E-state index contributed by atoms with van der Waals surface area (Å²) in [7, 11) is -1.72.